The van der Waals surface area contributed by atoms with E-state index in [-0.39, 0.29) is 17.5 Å². The van der Waals surface area contributed by atoms with E-state index in [1.165, 1.54) is 12.1 Å². The maximum Gasteiger partial charge on any atom is 0.240 e. The summed E-state index contributed by atoms with van der Waals surface area (Å²) in [7, 11) is -3.61. The first kappa shape index (κ1) is 17.1. The Morgan fingerprint density at radius 3 is 2.83 bits per heavy atom. The first-order valence-electron chi connectivity index (χ1n) is 7.62. The zero-order chi connectivity index (χ0) is 17.0. The Hall–Kier alpha value is -1.78. The van der Waals surface area contributed by atoms with E-state index in [0.717, 1.165) is 5.82 Å². The standard InChI is InChI=1S/C15H20N4O4S/c20-15-12(18-9-14-16-6-7-17-14)10-23-13(15)8-19-24(21,22)11-4-2-1-3-5-11/h1-7,12-13,15,18-20H,8-10H2,(H,16,17). The highest BCUT2D eigenvalue weighted by Gasteiger charge is 2.36. The Morgan fingerprint density at radius 1 is 1.33 bits per heavy atom. The summed E-state index contributed by atoms with van der Waals surface area (Å²) >= 11 is 0. The van der Waals surface area contributed by atoms with Crippen LogP contribution in [0.5, 0.6) is 0 Å². The number of aliphatic hydroxyl groups is 1. The number of sulfonamides is 1. The lowest BCUT2D eigenvalue weighted by Crippen LogP contribution is -2.44. The molecule has 1 aliphatic heterocycles. The number of nitrogens with zero attached hydrogens (tertiary/aromatic N) is 1. The lowest BCUT2D eigenvalue weighted by atomic mass is 10.1. The van der Waals surface area contributed by atoms with Gasteiger partial charge < -0.3 is 20.1 Å². The molecule has 0 bridgehead atoms. The van der Waals surface area contributed by atoms with Crippen LogP contribution in [-0.4, -0.2) is 54.9 Å². The molecule has 3 unspecified atom stereocenters. The fraction of sp³-hybridized carbons (Fsp3) is 0.400. The molecule has 1 saturated heterocycles. The van der Waals surface area contributed by atoms with Gasteiger partial charge >= 0.3 is 0 Å². The van der Waals surface area contributed by atoms with E-state index in [4.69, 9.17) is 4.74 Å². The van der Waals surface area contributed by atoms with Gasteiger partial charge in [-0.3, -0.25) is 0 Å². The summed E-state index contributed by atoms with van der Waals surface area (Å²) in [5, 5.41) is 13.4. The minimum Gasteiger partial charge on any atom is -0.389 e. The van der Waals surface area contributed by atoms with Crippen molar-refractivity contribution in [2.24, 2.45) is 0 Å². The van der Waals surface area contributed by atoms with E-state index in [0.29, 0.717) is 13.2 Å². The van der Waals surface area contributed by atoms with Crippen molar-refractivity contribution in [3.05, 3.63) is 48.5 Å². The van der Waals surface area contributed by atoms with Crippen molar-refractivity contribution in [1.82, 2.24) is 20.0 Å². The van der Waals surface area contributed by atoms with E-state index in [1.807, 2.05) is 0 Å². The molecular weight excluding hydrogens is 332 g/mol. The van der Waals surface area contributed by atoms with Crippen molar-refractivity contribution in [2.75, 3.05) is 13.2 Å². The average Bonchev–Trinajstić information content (AvgIpc) is 3.22. The summed E-state index contributed by atoms with van der Waals surface area (Å²) in [6, 6.07) is 7.82. The van der Waals surface area contributed by atoms with Crippen LogP contribution < -0.4 is 10.0 Å². The first-order chi connectivity index (χ1) is 11.6. The molecule has 3 atom stereocenters. The van der Waals surface area contributed by atoms with Crippen molar-refractivity contribution in [2.45, 2.75) is 29.7 Å². The highest BCUT2D eigenvalue weighted by atomic mass is 32.2. The number of rotatable bonds is 7. The van der Waals surface area contributed by atoms with Crippen LogP contribution in [0.4, 0.5) is 0 Å². The highest BCUT2D eigenvalue weighted by molar-refractivity contribution is 7.89. The van der Waals surface area contributed by atoms with Crippen LogP contribution in [0.3, 0.4) is 0 Å². The van der Waals surface area contributed by atoms with Crippen molar-refractivity contribution in [3.63, 3.8) is 0 Å². The number of H-pyrrole nitrogens is 1. The SMILES string of the molecule is O=S(=O)(NCC1OCC(NCc2ncc[nH]2)C1O)c1ccccc1. The molecule has 2 heterocycles. The number of imidazole rings is 1. The third-order valence-corrected chi connectivity index (χ3v) is 5.34. The number of ether oxygens (including phenoxy) is 1. The third-order valence-electron chi connectivity index (χ3n) is 3.90. The molecule has 4 N–H and O–H groups in total. The average molecular weight is 352 g/mol. The Morgan fingerprint density at radius 2 is 2.12 bits per heavy atom. The van der Waals surface area contributed by atoms with Crippen molar-refractivity contribution < 1.29 is 18.3 Å². The molecule has 0 spiro atoms. The zero-order valence-corrected chi connectivity index (χ0v) is 13.7. The second-order valence-corrected chi connectivity index (χ2v) is 7.32. The molecule has 0 aliphatic carbocycles. The van der Waals surface area contributed by atoms with Crippen LogP contribution in [0.2, 0.25) is 0 Å². The molecule has 8 nitrogen and oxygen atoms in total. The molecule has 0 saturated carbocycles. The molecule has 3 rings (SSSR count). The number of hydrogen-bond donors (Lipinski definition) is 4. The van der Waals surface area contributed by atoms with E-state index in [1.54, 1.807) is 30.6 Å². The van der Waals surface area contributed by atoms with E-state index < -0.39 is 22.2 Å². The van der Waals surface area contributed by atoms with E-state index >= 15 is 0 Å². The largest absolute Gasteiger partial charge is 0.389 e. The number of aromatic amines is 1. The Bertz CT molecular complexity index is 736. The van der Waals surface area contributed by atoms with Gasteiger partial charge in [-0.15, -0.1) is 0 Å². The van der Waals surface area contributed by atoms with Gasteiger partial charge in [0.25, 0.3) is 0 Å². The van der Waals surface area contributed by atoms with E-state index in [9.17, 15) is 13.5 Å². The lowest BCUT2D eigenvalue weighted by molar-refractivity contribution is 0.0443. The summed E-state index contributed by atoms with van der Waals surface area (Å²) in [5.41, 5.74) is 0. The summed E-state index contributed by atoms with van der Waals surface area (Å²) in [6.45, 7) is 0.789. The molecule has 9 heteroatoms. The number of hydrogen-bond acceptors (Lipinski definition) is 6. The van der Waals surface area contributed by atoms with Crippen molar-refractivity contribution in [3.8, 4) is 0 Å². The van der Waals surface area contributed by atoms with Gasteiger partial charge in [0, 0.05) is 18.9 Å². The summed E-state index contributed by atoms with van der Waals surface area (Å²) in [4.78, 5) is 7.24. The zero-order valence-electron chi connectivity index (χ0n) is 12.9. The lowest BCUT2D eigenvalue weighted by Gasteiger charge is -2.18. The topological polar surface area (TPSA) is 116 Å². The van der Waals surface area contributed by atoms with Gasteiger partial charge in [-0.1, -0.05) is 18.2 Å². The normalized spacial score (nSPS) is 24.3. The maximum absolute atomic E-state index is 12.2. The van der Waals surface area contributed by atoms with Crippen LogP contribution >= 0.6 is 0 Å². The fourth-order valence-electron chi connectivity index (χ4n) is 2.54. The van der Waals surface area contributed by atoms with Gasteiger partial charge in [0.2, 0.25) is 10.0 Å². The third kappa shape index (κ3) is 4.00. The number of aliphatic hydroxyl groups excluding tert-OH is 1. The molecule has 130 valence electrons. The van der Waals surface area contributed by atoms with Crippen molar-refractivity contribution >= 4 is 10.0 Å². The van der Waals surface area contributed by atoms with Crippen LogP contribution in [-0.2, 0) is 21.3 Å². The second-order valence-electron chi connectivity index (χ2n) is 5.55. The van der Waals surface area contributed by atoms with Gasteiger partial charge in [0.05, 0.1) is 36.3 Å². The molecule has 2 aromatic rings. The van der Waals surface area contributed by atoms with Gasteiger partial charge in [-0.05, 0) is 12.1 Å². The van der Waals surface area contributed by atoms with Crippen LogP contribution in [0, 0.1) is 0 Å². The van der Waals surface area contributed by atoms with Crippen LogP contribution in [0.1, 0.15) is 5.82 Å². The Labute approximate surface area is 140 Å². The first-order valence-corrected chi connectivity index (χ1v) is 9.10. The van der Waals surface area contributed by atoms with Gasteiger partial charge in [-0.2, -0.15) is 0 Å². The molecular formula is C15H20N4O4S. The summed E-state index contributed by atoms with van der Waals surface area (Å²) in [5.74, 6) is 0.760. The predicted molar refractivity (Wildman–Crippen MR) is 86.6 cm³/mol. The number of aromatic nitrogens is 2. The van der Waals surface area contributed by atoms with E-state index in [2.05, 4.69) is 20.0 Å². The maximum atomic E-state index is 12.2. The summed E-state index contributed by atoms with van der Waals surface area (Å²) in [6.07, 6.45) is 1.97. The second kappa shape index (κ2) is 7.41. The van der Waals surface area contributed by atoms with Crippen molar-refractivity contribution in [1.29, 1.82) is 0 Å². The summed E-state index contributed by atoms with van der Waals surface area (Å²) < 4.78 is 32.4. The molecule has 24 heavy (non-hydrogen) atoms. The molecule has 1 aromatic heterocycles. The Balaban J connectivity index is 1.51. The highest BCUT2D eigenvalue weighted by Crippen LogP contribution is 2.15. The monoisotopic (exact) mass is 352 g/mol. The Kier molecular flexibility index (Phi) is 5.27. The van der Waals surface area contributed by atoms with Gasteiger partial charge in [-0.25, -0.2) is 18.1 Å². The number of nitrogens with one attached hydrogen (secondary N) is 3. The predicted octanol–water partition coefficient (Wildman–Crippen LogP) is -0.394. The quantitative estimate of drug-likeness (QED) is 0.539. The molecule has 1 aliphatic rings. The minimum absolute atomic E-state index is 0.0112. The van der Waals surface area contributed by atoms with Gasteiger partial charge in [0.15, 0.2) is 0 Å². The molecule has 0 radical (unpaired) electrons. The van der Waals surface area contributed by atoms with Crippen LogP contribution in [0.15, 0.2) is 47.6 Å². The molecule has 1 aromatic carbocycles. The smallest absolute Gasteiger partial charge is 0.240 e. The fourth-order valence-corrected chi connectivity index (χ4v) is 3.61. The molecule has 0 amide bonds. The van der Waals surface area contributed by atoms with Gasteiger partial charge in [0.1, 0.15) is 5.82 Å². The number of benzene rings is 1. The van der Waals surface area contributed by atoms with Crippen LogP contribution in [0.25, 0.3) is 0 Å². The minimum atomic E-state index is -3.61. The molecule has 1 fully saturated rings.